The minimum Gasteiger partial charge on any atom is -0.262 e. The Morgan fingerprint density at radius 3 is 2.83 bits per heavy atom. The van der Waals surface area contributed by atoms with E-state index >= 15 is 0 Å². The van der Waals surface area contributed by atoms with Crippen molar-refractivity contribution in [2.24, 2.45) is 0 Å². The molecule has 0 unspecified atom stereocenters. The van der Waals surface area contributed by atoms with Crippen LogP contribution in [0.3, 0.4) is 0 Å². The van der Waals surface area contributed by atoms with Gasteiger partial charge in [0.15, 0.2) is 0 Å². The third kappa shape index (κ3) is 2.16. The number of anilines is 2. The molecule has 0 aromatic carbocycles. The zero-order chi connectivity index (χ0) is 12.5. The van der Waals surface area contributed by atoms with Crippen LogP contribution in [0.25, 0.3) is 0 Å². The van der Waals surface area contributed by atoms with Gasteiger partial charge in [-0.3, -0.25) is 4.98 Å². The van der Waals surface area contributed by atoms with Gasteiger partial charge in [0.2, 0.25) is 0 Å². The van der Waals surface area contributed by atoms with Crippen LogP contribution in [-0.4, -0.2) is 15.0 Å². The zero-order valence-corrected chi connectivity index (χ0v) is 10.0. The van der Waals surface area contributed by atoms with Crippen LogP contribution in [0.4, 0.5) is 16.1 Å². The molecule has 0 spiro atoms. The summed E-state index contributed by atoms with van der Waals surface area (Å²) in [5.74, 6) is 0.567. The van der Waals surface area contributed by atoms with Crippen molar-refractivity contribution in [1.82, 2.24) is 15.0 Å². The van der Waals surface area contributed by atoms with E-state index in [0.29, 0.717) is 16.7 Å². The van der Waals surface area contributed by atoms with Crippen LogP contribution >= 0.6 is 0 Å². The summed E-state index contributed by atoms with van der Waals surface area (Å²) < 4.78 is 14.2. The van der Waals surface area contributed by atoms with Crippen molar-refractivity contribution < 1.29 is 4.48 Å². The number of aryl methyl sites for hydroxylation is 1. The molecule has 5 heteroatoms. The van der Waals surface area contributed by atoms with Crippen molar-refractivity contribution in [3.05, 3.63) is 42.0 Å². The molecule has 1 aliphatic carbocycles. The molecule has 0 N–H and O–H groups in total. The fraction of sp³-hybridized carbons (Fsp3) is 0.308. The molecule has 1 fully saturated rings. The molecule has 0 atom stereocenters. The highest BCUT2D eigenvalue weighted by molar-refractivity contribution is 5.52. The van der Waals surface area contributed by atoms with Crippen molar-refractivity contribution >= 4 is 11.6 Å². The van der Waals surface area contributed by atoms with E-state index in [4.69, 9.17) is 0 Å². The first-order chi connectivity index (χ1) is 8.74. The fourth-order valence-electron chi connectivity index (χ4n) is 1.84. The van der Waals surface area contributed by atoms with Crippen molar-refractivity contribution in [2.45, 2.75) is 25.7 Å². The van der Waals surface area contributed by atoms with E-state index in [1.807, 2.05) is 13.0 Å². The van der Waals surface area contributed by atoms with E-state index in [9.17, 15) is 4.48 Å². The molecule has 18 heavy (non-hydrogen) atoms. The van der Waals surface area contributed by atoms with Crippen LogP contribution < -0.4 is 5.12 Å². The van der Waals surface area contributed by atoms with Gasteiger partial charge in [0, 0.05) is 23.5 Å². The first-order valence-corrected chi connectivity index (χ1v) is 5.95. The molecule has 4 nitrogen and oxygen atoms in total. The minimum atomic E-state index is 0.0879. The first-order valence-electron chi connectivity index (χ1n) is 5.95. The minimum absolute atomic E-state index is 0.0879. The average molecular weight is 244 g/mol. The van der Waals surface area contributed by atoms with Gasteiger partial charge < -0.3 is 0 Å². The average Bonchev–Trinajstić information content (AvgIpc) is 3.22. The summed E-state index contributed by atoms with van der Waals surface area (Å²) in [4.78, 5) is 12.3. The SMILES string of the molecule is Cc1cc(C2CC2)nc(N(F)c2cccnc2)n1. The monoisotopic (exact) mass is 244 g/mol. The van der Waals surface area contributed by atoms with E-state index in [0.717, 1.165) is 24.2 Å². The highest BCUT2D eigenvalue weighted by atomic mass is 19.2. The van der Waals surface area contributed by atoms with Gasteiger partial charge in [-0.15, -0.1) is 5.12 Å². The van der Waals surface area contributed by atoms with Crippen LogP contribution in [0.1, 0.15) is 30.1 Å². The number of hydrogen-bond donors (Lipinski definition) is 0. The van der Waals surface area contributed by atoms with E-state index in [-0.39, 0.29) is 5.95 Å². The smallest absolute Gasteiger partial charge is 0.259 e. The van der Waals surface area contributed by atoms with Gasteiger partial charge in [0.25, 0.3) is 5.95 Å². The van der Waals surface area contributed by atoms with E-state index in [1.165, 1.54) is 6.20 Å². The van der Waals surface area contributed by atoms with Gasteiger partial charge in [0.05, 0.1) is 11.9 Å². The molecule has 2 aromatic heterocycles. The molecule has 1 saturated carbocycles. The lowest BCUT2D eigenvalue weighted by Crippen LogP contribution is -2.10. The third-order valence-electron chi connectivity index (χ3n) is 2.91. The molecule has 0 aliphatic heterocycles. The quantitative estimate of drug-likeness (QED) is 0.778. The summed E-state index contributed by atoms with van der Waals surface area (Å²) in [5.41, 5.74) is 2.06. The number of nitrogens with zero attached hydrogens (tertiary/aromatic N) is 4. The van der Waals surface area contributed by atoms with Gasteiger partial charge >= 0.3 is 0 Å². The molecule has 92 valence electrons. The normalized spacial score (nSPS) is 14.6. The number of pyridine rings is 1. The predicted octanol–water partition coefficient (Wildman–Crippen LogP) is 3.08. The maximum Gasteiger partial charge on any atom is 0.259 e. The molecule has 0 radical (unpaired) electrons. The van der Waals surface area contributed by atoms with Gasteiger partial charge in [-0.2, -0.15) is 0 Å². The summed E-state index contributed by atoms with van der Waals surface area (Å²) in [6.45, 7) is 1.86. The first kappa shape index (κ1) is 11.1. The fourth-order valence-corrected chi connectivity index (χ4v) is 1.84. The zero-order valence-electron chi connectivity index (χ0n) is 10.0. The maximum absolute atomic E-state index is 14.2. The predicted molar refractivity (Wildman–Crippen MR) is 66.2 cm³/mol. The third-order valence-corrected chi connectivity index (χ3v) is 2.91. The van der Waals surface area contributed by atoms with Crippen molar-refractivity contribution in [3.63, 3.8) is 0 Å². The second kappa shape index (κ2) is 4.33. The van der Waals surface area contributed by atoms with Gasteiger partial charge in [-0.05, 0) is 38.0 Å². The Bertz CT molecular complexity index is 554. The number of hydrogen-bond acceptors (Lipinski definition) is 4. The lowest BCUT2D eigenvalue weighted by Gasteiger charge is -2.12. The van der Waals surface area contributed by atoms with Gasteiger partial charge in [0.1, 0.15) is 0 Å². The second-order valence-electron chi connectivity index (χ2n) is 4.50. The van der Waals surface area contributed by atoms with Crippen LogP contribution in [0.5, 0.6) is 0 Å². The standard InChI is InChI=1S/C13H13FN4/c1-9-7-12(10-4-5-10)17-13(16-9)18(14)11-3-2-6-15-8-11/h2-3,6-8,10H,4-5H2,1H3. The van der Waals surface area contributed by atoms with Crippen molar-refractivity contribution in [2.75, 3.05) is 5.12 Å². The molecular formula is C13H13FN4. The highest BCUT2D eigenvalue weighted by Crippen LogP contribution is 2.39. The van der Waals surface area contributed by atoms with Crippen LogP contribution in [0.15, 0.2) is 30.6 Å². The number of aromatic nitrogens is 3. The van der Waals surface area contributed by atoms with E-state index in [2.05, 4.69) is 15.0 Å². The Hall–Kier alpha value is -2.04. The molecule has 0 bridgehead atoms. The Labute approximate surface area is 104 Å². The van der Waals surface area contributed by atoms with Crippen molar-refractivity contribution in [1.29, 1.82) is 0 Å². The number of rotatable bonds is 3. The Balaban J connectivity index is 1.96. The molecule has 0 amide bonds. The second-order valence-corrected chi connectivity index (χ2v) is 4.50. The largest absolute Gasteiger partial charge is 0.262 e. The van der Waals surface area contributed by atoms with Gasteiger partial charge in [-0.1, -0.05) is 4.48 Å². The highest BCUT2D eigenvalue weighted by Gasteiger charge is 2.26. The molecule has 1 aliphatic rings. The summed E-state index contributed by atoms with van der Waals surface area (Å²) in [5, 5.41) is 0.478. The summed E-state index contributed by atoms with van der Waals surface area (Å²) in [6.07, 6.45) is 5.32. The maximum atomic E-state index is 14.2. The van der Waals surface area contributed by atoms with E-state index < -0.39 is 0 Å². The van der Waals surface area contributed by atoms with Crippen LogP contribution in [-0.2, 0) is 0 Å². The lowest BCUT2D eigenvalue weighted by atomic mass is 10.2. The summed E-state index contributed by atoms with van der Waals surface area (Å²) >= 11 is 0. The molecular weight excluding hydrogens is 231 g/mol. The van der Waals surface area contributed by atoms with E-state index in [1.54, 1.807) is 18.3 Å². The van der Waals surface area contributed by atoms with Gasteiger partial charge in [-0.25, -0.2) is 9.97 Å². The summed E-state index contributed by atoms with van der Waals surface area (Å²) in [7, 11) is 0. The number of halogens is 1. The molecule has 3 rings (SSSR count). The topological polar surface area (TPSA) is 41.9 Å². The molecule has 2 heterocycles. The van der Waals surface area contributed by atoms with Crippen molar-refractivity contribution in [3.8, 4) is 0 Å². The Morgan fingerprint density at radius 2 is 2.17 bits per heavy atom. The lowest BCUT2D eigenvalue weighted by molar-refractivity contribution is 0.490. The van der Waals surface area contributed by atoms with Crippen LogP contribution in [0.2, 0.25) is 0 Å². The summed E-state index contributed by atoms with van der Waals surface area (Å²) in [6, 6.07) is 5.24. The van der Waals surface area contributed by atoms with Crippen LogP contribution in [0, 0.1) is 6.92 Å². The molecule has 0 saturated heterocycles. The molecule has 2 aromatic rings. The Kier molecular flexibility index (Phi) is 2.66. The Morgan fingerprint density at radius 1 is 1.33 bits per heavy atom.